The van der Waals surface area contributed by atoms with Crippen LogP contribution < -0.4 is 5.32 Å². The highest BCUT2D eigenvalue weighted by Crippen LogP contribution is 2.33. The van der Waals surface area contributed by atoms with E-state index in [0.29, 0.717) is 11.7 Å². The lowest BCUT2D eigenvalue weighted by molar-refractivity contribution is 0.0500. The van der Waals surface area contributed by atoms with Crippen LogP contribution in [0.4, 0.5) is 9.93 Å². The summed E-state index contributed by atoms with van der Waals surface area (Å²) in [6.45, 7) is 3.49. The molecule has 3 rings (SSSR count). The Balaban J connectivity index is 1.64. The van der Waals surface area contributed by atoms with Crippen LogP contribution in [-0.2, 0) is 12.8 Å². The van der Waals surface area contributed by atoms with Crippen LogP contribution >= 0.6 is 11.3 Å². The molecule has 6 heteroatoms. The number of nitrogens with zero attached hydrogens (tertiary/aromatic N) is 2. The molecule has 0 bridgehead atoms. The summed E-state index contributed by atoms with van der Waals surface area (Å²) in [6.07, 6.45) is 4.59. The van der Waals surface area contributed by atoms with E-state index in [2.05, 4.69) is 29.4 Å². The summed E-state index contributed by atoms with van der Waals surface area (Å²) in [5, 5.41) is 15.7. The number of hydrogen-bond acceptors (Lipinski definition) is 4. The van der Waals surface area contributed by atoms with E-state index in [0.717, 1.165) is 44.3 Å². The number of thiazole rings is 1. The zero-order chi connectivity index (χ0) is 18.4. The molecule has 1 aliphatic rings. The molecule has 0 aliphatic carbocycles. The van der Waals surface area contributed by atoms with Gasteiger partial charge in [-0.25, -0.2) is 9.78 Å². The molecule has 1 fully saturated rings. The summed E-state index contributed by atoms with van der Waals surface area (Å²) in [5.41, 5.74) is 1.96. The van der Waals surface area contributed by atoms with Crippen LogP contribution in [0.1, 0.15) is 37.4 Å². The highest BCUT2D eigenvalue weighted by Gasteiger charge is 2.37. The highest BCUT2D eigenvalue weighted by molar-refractivity contribution is 7.13. The van der Waals surface area contributed by atoms with Crippen LogP contribution in [0.3, 0.4) is 0 Å². The maximum atomic E-state index is 12.7. The topological polar surface area (TPSA) is 65.5 Å². The Morgan fingerprint density at radius 3 is 2.92 bits per heavy atom. The second-order valence-electron chi connectivity index (χ2n) is 7.17. The van der Waals surface area contributed by atoms with Crippen molar-refractivity contribution in [2.45, 2.75) is 39.0 Å². The highest BCUT2D eigenvalue weighted by atomic mass is 32.1. The molecule has 1 atom stereocenters. The van der Waals surface area contributed by atoms with Crippen molar-refractivity contribution in [2.75, 3.05) is 25.0 Å². The van der Waals surface area contributed by atoms with E-state index >= 15 is 0 Å². The Bertz CT molecular complexity index is 719. The Morgan fingerprint density at radius 1 is 1.38 bits per heavy atom. The van der Waals surface area contributed by atoms with Crippen LogP contribution in [0.15, 0.2) is 35.7 Å². The van der Waals surface area contributed by atoms with Crippen molar-refractivity contribution in [1.29, 1.82) is 0 Å². The van der Waals surface area contributed by atoms with Gasteiger partial charge in [0.25, 0.3) is 0 Å². The quantitative estimate of drug-likeness (QED) is 0.806. The number of piperidine rings is 1. The van der Waals surface area contributed by atoms with Crippen molar-refractivity contribution in [1.82, 2.24) is 9.88 Å². The number of benzene rings is 1. The zero-order valence-corrected chi connectivity index (χ0v) is 16.1. The molecule has 1 saturated heterocycles. The monoisotopic (exact) mass is 373 g/mol. The lowest BCUT2D eigenvalue weighted by Crippen LogP contribution is -2.50. The second-order valence-corrected chi connectivity index (χ2v) is 8.03. The Morgan fingerprint density at radius 2 is 2.19 bits per heavy atom. The van der Waals surface area contributed by atoms with Gasteiger partial charge in [0.15, 0.2) is 5.13 Å². The number of aryl methyl sites for hydroxylation is 1. The number of amides is 2. The van der Waals surface area contributed by atoms with Crippen LogP contribution in [0, 0.1) is 5.41 Å². The molecule has 2 amide bonds. The lowest BCUT2D eigenvalue weighted by Gasteiger charge is -2.41. The van der Waals surface area contributed by atoms with Crippen molar-refractivity contribution in [3.8, 4) is 0 Å². The number of carbonyl (C=O) groups excluding carboxylic acids is 1. The van der Waals surface area contributed by atoms with Gasteiger partial charge < -0.3 is 10.0 Å². The van der Waals surface area contributed by atoms with E-state index < -0.39 is 0 Å². The summed E-state index contributed by atoms with van der Waals surface area (Å²) in [6, 6.07) is 10.1. The molecule has 1 aromatic carbocycles. The molecule has 2 N–H and O–H groups in total. The van der Waals surface area contributed by atoms with E-state index in [1.165, 1.54) is 16.9 Å². The smallest absolute Gasteiger partial charge is 0.323 e. The third-order valence-electron chi connectivity index (χ3n) is 4.98. The largest absolute Gasteiger partial charge is 0.396 e. The summed E-state index contributed by atoms with van der Waals surface area (Å²) in [7, 11) is 0. The molecule has 2 aromatic rings. The van der Waals surface area contributed by atoms with E-state index in [-0.39, 0.29) is 18.1 Å². The standard InChI is InChI=1S/C20H27N3O2S/c1-2-7-17-13-26-18(21-17)22-19(25)23-11-6-10-20(14-23,15-24)12-16-8-4-3-5-9-16/h3-5,8-9,13,24H,2,6-7,10-12,14-15H2,1H3,(H,21,22,25). The number of rotatable bonds is 6. The summed E-state index contributed by atoms with van der Waals surface area (Å²) in [4.78, 5) is 19.0. The van der Waals surface area contributed by atoms with Gasteiger partial charge in [-0.3, -0.25) is 5.32 Å². The Kier molecular flexibility index (Phi) is 6.27. The third kappa shape index (κ3) is 4.62. The fourth-order valence-corrected chi connectivity index (χ4v) is 4.38. The molecule has 5 nitrogen and oxygen atoms in total. The molecule has 0 saturated carbocycles. The molecule has 0 spiro atoms. The minimum absolute atomic E-state index is 0.0869. The molecular formula is C20H27N3O2S. The van der Waals surface area contributed by atoms with Gasteiger partial charge >= 0.3 is 6.03 Å². The third-order valence-corrected chi connectivity index (χ3v) is 5.78. The summed E-state index contributed by atoms with van der Waals surface area (Å²) >= 11 is 1.47. The normalized spacial score (nSPS) is 20.2. The van der Waals surface area contributed by atoms with Crippen LogP contribution in [0.25, 0.3) is 0 Å². The number of carbonyl (C=O) groups is 1. The van der Waals surface area contributed by atoms with E-state index in [1.54, 1.807) is 0 Å². The first kappa shape index (κ1) is 18.9. The van der Waals surface area contributed by atoms with Gasteiger partial charge in [0, 0.05) is 23.9 Å². The van der Waals surface area contributed by atoms with Crippen molar-refractivity contribution < 1.29 is 9.90 Å². The van der Waals surface area contributed by atoms with Crippen molar-refractivity contribution in [3.63, 3.8) is 0 Å². The minimum atomic E-state index is -0.271. The predicted octanol–water partition coefficient (Wildman–Crippen LogP) is 3.94. The van der Waals surface area contributed by atoms with Crippen molar-refractivity contribution in [3.05, 3.63) is 47.0 Å². The van der Waals surface area contributed by atoms with Gasteiger partial charge in [-0.15, -0.1) is 11.3 Å². The number of hydrogen-bond donors (Lipinski definition) is 2. The lowest BCUT2D eigenvalue weighted by atomic mass is 9.76. The number of likely N-dealkylation sites (tertiary alicyclic amines) is 1. The van der Waals surface area contributed by atoms with E-state index in [9.17, 15) is 9.90 Å². The molecule has 1 aliphatic heterocycles. The number of anilines is 1. The second kappa shape index (κ2) is 8.64. The summed E-state index contributed by atoms with van der Waals surface area (Å²) in [5.74, 6) is 0. The number of aliphatic hydroxyl groups is 1. The molecule has 2 heterocycles. The molecule has 1 unspecified atom stereocenters. The van der Waals surface area contributed by atoms with Gasteiger partial charge in [0.1, 0.15) is 0 Å². The molecular weight excluding hydrogens is 346 g/mol. The van der Waals surface area contributed by atoms with Crippen molar-refractivity contribution in [2.24, 2.45) is 5.41 Å². The first-order valence-corrected chi connectivity index (χ1v) is 10.2. The minimum Gasteiger partial charge on any atom is -0.396 e. The zero-order valence-electron chi connectivity index (χ0n) is 15.3. The molecule has 26 heavy (non-hydrogen) atoms. The molecule has 1 aromatic heterocycles. The maximum absolute atomic E-state index is 12.7. The molecule has 140 valence electrons. The average molecular weight is 374 g/mol. The molecule has 0 radical (unpaired) electrons. The fourth-order valence-electron chi connectivity index (χ4n) is 3.65. The van der Waals surface area contributed by atoms with Gasteiger partial charge in [0.05, 0.1) is 12.3 Å². The Hall–Kier alpha value is -1.92. The van der Waals surface area contributed by atoms with Crippen molar-refractivity contribution >= 4 is 22.5 Å². The van der Waals surface area contributed by atoms with Crippen LogP contribution in [-0.4, -0.2) is 40.7 Å². The number of nitrogens with one attached hydrogen (secondary N) is 1. The Labute approximate surface area is 159 Å². The van der Waals surface area contributed by atoms with E-state index in [4.69, 9.17) is 0 Å². The maximum Gasteiger partial charge on any atom is 0.323 e. The SMILES string of the molecule is CCCc1csc(NC(=O)N2CCCC(CO)(Cc3ccccc3)C2)n1. The van der Waals surface area contributed by atoms with E-state index in [1.807, 2.05) is 28.5 Å². The number of aromatic nitrogens is 1. The predicted molar refractivity (Wildman–Crippen MR) is 106 cm³/mol. The van der Waals surface area contributed by atoms with Crippen LogP contribution in [0.2, 0.25) is 0 Å². The van der Waals surface area contributed by atoms with Gasteiger partial charge in [-0.05, 0) is 31.2 Å². The fraction of sp³-hybridized carbons (Fsp3) is 0.500. The van der Waals surface area contributed by atoms with Gasteiger partial charge in [-0.2, -0.15) is 0 Å². The number of urea groups is 1. The van der Waals surface area contributed by atoms with Crippen LogP contribution in [0.5, 0.6) is 0 Å². The van der Waals surface area contributed by atoms with Gasteiger partial charge in [-0.1, -0.05) is 43.7 Å². The number of aliphatic hydroxyl groups excluding tert-OH is 1. The van der Waals surface area contributed by atoms with Gasteiger partial charge in [0.2, 0.25) is 0 Å². The average Bonchev–Trinajstić information content (AvgIpc) is 3.10. The first-order chi connectivity index (χ1) is 12.6. The first-order valence-electron chi connectivity index (χ1n) is 9.29. The summed E-state index contributed by atoms with van der Waals surface area (Å²) < 4.78 is 0.